The summed E-state index contributed by atoms with van der Waals surface area (Å²) in [4.78, 5) is 43.4. The topological polar surface area (TPSA) is 57.7 Å². The number of amides is 3. The van der Waals surface area contributed by atoms with Gasteiger partial charge in [0.15, 0.2) is 0 Å². The van der Waals surface area contributed by atoms with E-state index in [9.17, 15) is 14.4 Å². The lowest BCUT2D eigenvalue weighted by molar-refractivity contribution is -0.140. The van der Waals surface area contributed by atoms with E-state index in [-0.39, 0.29) is 48.1 Å². The molecule has 2 saturated carbocycles. The van der Waals surface area contributed by atoms with Gasteiger partial charge in [-0.3, -0.25) is 24.2 Å². The van der Waals surface area contributed by atoms with Crippen LogP contribution in [-0.2, 0) is 9.59 Å². The summed E-state index contributed by atoms with van der Waals surface area (Å²) in [6.45, 7) is 3.98. The van der Waals surface area contributed by atoms with Gasteiger partial charge in [0, 0.05) is 11.3 Å². The summed E-state index contributed by atoms with van der Waals surface area (Å²) >= 11 is 0. The first-order valence-electron chi connectivity index (χ1n) is 11.4. The number of likely N-dealkylation sites (tertiary alicyclic amines) is 1. The van der Waals surface area contributed by atoms with E-state index in [1.807, 2.05) is 50.2 Å². The molecule has 4 aliphatic carbocycles. The zero-order valence-electron chi connectivity index (χ0n) is 18.3. The molecule has 0 spiro atoms. The average Bonchev–Trinajstić information content (AvgIpc) is 3.59. The van der Waals surface area contributed by atoms with E-state index in [4.69, 9.17) is 0 Å². The second kappa shape index (κ2) is 6.89. The molecule has 7 rings (SSSR count). The summed E-state index contributed by atoms with van der Waals surface area (Å²) in [7, 11) is 0. The summed E-state index contributed by atoms with van der Waals surface area (Å²) in [6, 6.07) is 14.9. The van der Waals surface area contributed by atoms with Crippen molar-refractivity contribution in [1.82, 2.24) is 4.90 Å². The van der Waals surface area contributed by atoms with E-state index in [0.29, 0.717) is 23.1 Å². The molecule has 0 aromatic heterocycles. The lowest BCUT2D eigenvalue weighted by atomic mass is 9.63. The Kier molecular flexibility index (Phi) is 4.19. The molecule has 0 radical (unpaired) electrons. The highest BCUT2D eigenvalue weighted by Crippen LogP contribution is 2.65. The van der Waals surface area contributed by atoms with Crippen molar-refractivity contribution >= 4 is 23.4 Å². The summed E-state index contributed by atoms with van der Waals surface area (Å²) in [6.07, 6.45) is 5.48. The number of hydrogen-bond donors (Lipinski definition) is 0. The van der Waals surface area contributed by atoms with Crippen molar-refractivity contribution in [2.75, 3.05) is 11.6 Å². The first-order chi connectivity index (χ1) is 15.5. The van der Waals surface area contributed by atoms with Crippen molar-refractivity contribution in [3.8, 4) is 0 Å². The van der Waals surface area contributed by atoms with Crippen LogP contribution in [0.2, 0.25) is 0 Å². The Balaban J connectivity index is 1.35. The average molecular weight is 427 g/mol. The molecule has 5 nitrogen and oxygen atoms in total. The Bertz CT molecular complexity index is 1130. The number of nitrogens with zero attached hydrogens (tertiary/aromatic N) is 2. The predicted octanol–water partition coefficient (Wildman–Crippen LogP) is 3.96. The second-order valence-electron chi connectivity index (χ2n) is 9.77. The van der Waals surface area contributed by atoms with Gasteiger partial charge in [-0.15, -0.1) is 0 Å². The SMILES string of the molecule is Cc1ccc(N(CN2C(=O)C3C4C=CC(C5CC45)C3C2=O)C(=O)c2ccccc2)cc1C. The predicted molar refractivity (Wildman–Crippen MR) is 121 cm³/mol. The maximum Gasteiger partial charge on any atom is 0.259 e. The van der Waals surface area contributed by atoms with Crippen LogP contribution in [0.5, 0.6) is 0 Å². The third kappa shape index (κ3) is 2.73. The van der Waals surface area contributed by atoms with Crippen LogP contribution in [0.3, 0.4) is 0 Å². The van der Waals surface area contributed by atoms with Gasteiger partial charge in [0.25, 0.3) is 5.91 Å². The van der Waals surface area contributed by atoms with Crippen molar-refractivity contribution in [2.45, 2.75) is 20.3 Å². The Labute approximate surface area is 187 Å². The van der Waals surface area contributed by atoms with Gasteiger partial charge in [-0.25, -0.2) is 0 Å². The molecule has 5 aliphatic rings. The number of hydrogen-bond acceptors (Lipinski definition) is 3. The molecule has 6 unspecified atom stereocenters. The molecule has 1 aliphatic heterocycles. The number of aryl methyl sites for hydroxylation is 2. The molecule has 3 amide bonds. The third-order valence-corrected chi connectivity index (χ3v) is 8.10. The van der Waals surface area contributed by atoms with Gasteiger partial charge < -0.3 is 0 Å². The molecule has 162 valence electrons. The molecule has 0 N–H and O–H groups in total. The second-order valence-corrected chi connectivity index (χ2v) is 9.77. The van der Waals surface area contributed by atoms with E-state index >= 15 is 0 Å². The van der Waals surface area contributed by atoms with Crippen LogP contribution in [0, 0.1) is 49.4 Å². The number of rotatable bonds is 4. The first-order valence-corrected chi connectivity index (χ1v) is 11.4. The van der Waals surface area contributed by atoms with E-state index in [0.717, 1.165) is 17.5 Å². The van der Waals surface area contributed by atoms with Crippen LogP contribution in [0.25, 0.3) is 0 Å². The minimum atomic E-state index is -0.255. The fourth-order valence-electron chi connectivity index (χ4n) is 6.19. The van der Waals surface area contributed by atoms with Gasteiger partial charge in [0.05, 0.1) is 11.8 Å². The van der Waals surface area contributed by atoms with Gasteiger partial charge in [0.1, 0.15) is 6.67 Å². The van der Waals surface area contributed by atoms with Crippen molar-refractivity contribution in [3.63, 3.8) is 0 Å². The first kappa shape index (κ1) is 19.5. The maximum atomic E-state index is 13.5. The third-order valence-electron chi connectivity index (χ3n) is 8.10. The minimum Gasteiger partial charge on any atom is -0.290 e. The van der Waals surface area contributed by atoms with Crippen molar-refractivity contribution in [1.29, 1.82) is 0 Å². The number of imide groups is 1. The number of benzene rings is 2. The number of carbonyl (C=O) groups excluding carboxylic acids is 3. The van der Waals surface area contributed by atoms with E-state index in [1.165, 1.54) is 4.90 Å². The molecule has 6 atom stereocenters. The number of carbonyl (C=O) groups is 3. The smallest absolute Gasteiger partial charge is 0.259 e. The van der Waals surface area contributed by atoms with E-state index < -0.39 is 0 Å². The minimum absolute atomic E-state index is 0.0460. The Morgan fingerprint density at radius 3 is 2.12 bits per heavy atom. The Hall–Kier alpha value is -3.21. The quantitative estimate of drug-likeness (QED) is 0.549. The van der Waals surface area contributed by atoms with E-state index in [2.05, 4.69) is 12.2 Å². The van der Waals surface area contributed by atoms with Crippen LogP contribution >= 0.6 is 0 Å². The largest absolute Gasteiger partial charge is 0.290 e. The van der Waals surface area contributed by atoms with Crippen LogP contribution in [-0.4, -0.2) is 29.3 Å². The number of anilines is 1. The van der Waals surface area contributed by atoms with Crippen molar-refractivity contribution in [2.24, 2.45) is 35.5 Å². The maximum absolute atomic E-state index is 13.5. The molecule has 3 fully saturated rings. The van der Waals surface area contributed by atoms with Gasteiger partial charge in [-0.1, -0.05) is 36.4 Å². The summed E-state index contributed by atoms with van der Waals surface area (Å²) in [5.41, 5.74) is 3.41. The molecule has 1 saturated heterocycles. The Morgan fingerprint density at radius 1 is 0.906 bits per heavy atom. The molecule has 32 heavy (non-hydrogen) atoms. The van der Waals surface area contributed by atoms with Gasteiger partial charge in [-0.05, 0) is 79.3 Å². The van der Waals surface area contributed by atoms with Gasteiger partial charge >= 0.3 is 0 Å². The standard InChI is InChI=1S/C27H26N2O3/c1-15-8-9-18(12-16(15)2)28(25(30)17-6-4-3-5-7-17)14-29-26(31)23-19-10-11-20(22-13-21(19)22)24(23)27(29)32/h3-12,19-24H,13-14H2,1-2H3. The van der Waals surface area contributed by atoms with Crippen LogP contribution in [0.1, 0.15) is 27.9 Å². The lowest BCUT2D eigenvalue weighted by Crippen LogP contribution is -2.45. The molecule has 2 aromatic rings. The normalized spacial score (nSPS) is 31.5. The molecule has 5 heteroatoms. The highest BCUT2D eigenvalue weighted by atomic mass is 16.2. The Morgan fingerprint density at radius 2 is 1.53 bits per heavy atom. The fraction of sp³-hybridized carbons (Fsp3) is 0.370. The monoisotopic (exact) mass is 426 g/mol. The summed E-state index contributed by atoms with van der Waals surface area (Å²) < 4.78 is 0. The van der Waals surface area contributed by atoms with Crippen LogP contribution in [0.4, 0.5) is 5.69 Å². The van der Waals surface area contributed by atoms with Crippen LogP contribution < -0.4 is 4.90 Å². The van der Waals surface area contributed by atoms with Crippen molar-refractivity contribution < 1.29 is 14.4 Å². The highest BCUT2D eigenvalue weighted by molar-refractivity contribution is 6.09. The number of allylic oxidation sites excluding steroid dienone is 2. The summed E-state index contributed by atoms with van der Waals surface area (Å²) in [5, 5.41) is 0. The van der Waals surface area contributed by atoms with Gasteiger partial charge in [-0.2, -0.15) is 0 Å². The molecule has 2 bridgehead atoms. The van der Waals surface area contributed by atoms with E-state index in [1.54, 1.807) is 17.0 Å². The fourth-order valence-corrected chi connectivity index (χ4v) is 6.19. The van der Waals surface area contributed by atoms with Crippen molar-refractivity contribution in [3.05, 3.63) is 77.4 Å². The lowest BCUT2D eigenvalue weighted by Gasteiger charge is -2.37. The highest BCUT2D eigenvalue weighted by Gasteiger charge is 2.67. The zero-order chi connectivity index (χ0) is 22.1. The molecular weight excluding hydrogens is 400 g/mol. The molecule has 2 aromatic carbocycles. The zero-order valence-corrected chi connectivity index (χ0v) is 18.3. The molecule has 1 heterocycles. The van der Waals surface area contributed by atoms with Crippen LogP contribution in [0.15, 0.2) is 60.7 Å². The summed E-state index contributed by atoms with van der Waals surface area (Å²) in [5.74, 6) is 0.526. The van der Waals surface area contributed by atoms with Gasteiger partial charge in [0.2, 0.25) is 11.8 Å². The molecular formula is C27H26N2O3.